The van der Waals surface area contributed by atoms with E-state index in [0.29, 0.717) is 18.8 Å². The summed E-state index contributed by atoms with van der Waals surface area (Å²) in [5, 5.41) is 2.63. The van der Waals surface area contributed by atoms with Crippen molar-refractivity contribution in [3.8, 4) is 0 Å². The molecule has 0 saturated heterocycles. The molecule has 0 radical (unpaired) electrons. The van der Waals surface area contributed by atoms with Gasteiger partial charge in [-0.3, -0.25) is 14.5 Å². The monoisotopic (exact) mass is 487 g/mol. The number of hydrogen-bond acceptors (Lipinski definition) is 8. The average Bonchev–Trinajstić information content (AvgIpc) is 3.43. The summed E-state index contributed by atoms with van der Waals surface area (Å²) in [6, 6.07) is 10.0. The fourth-order valence-electron chi connectivity index (χ4n) is 3.48. The lowest BCUT2D eigenvalue weighted by Crippen LogP contribution is -2.31. The number of rotatable bonds is 9. The van der Waals surface area contributed by atoms with Crippen molar-refractivity contribution in [2.45, 2.75) is 49.9 Å². The van der Waals surface area contributed by atoms with Crippen molar-refractivity contribution in [2.75, 3.05) is 17.3 Å². The number of fused-ring (bicyclic) bond motifs is 1. The van der Waals surface area contributed by atoms with E-state index in [-0.39, 0.29) is 24.1 Å². The van der Waals surface area contributed by atoms with Crippen molar-refractivity contribution >= 4 is 51.4 Å². The molecule has 4 rings (SSSR count). The highest BCUT2D eigenvalue weighted by Crippen LogP contribution is 2.33. The van der Waals surface area contributed by atoms with Gasteiger partial charge in [0.15, 0.2) is 9.47 Å². The first-order valence-corrected chi connectivity index (χ1v) is 13.4. The molecule has 32 heavy (non-hydrogen) atoms. The van der Waals surface area contributed by atoms with Gasteiger partial charge in [0.2, 0.25) is 5.91 Å². The minimum absolute atomic E-state index is 0.00657. The molecule has 1 amide bonds. The van der Waals surface area contributed by atoms with Crippen molar-refractivity contribution in [3.63, 3.8) is 0 Å². The molecule has 0 aliphatic heterocycles. The first-order chi connectivity index (χ1) is 15.6. The molecule has 2 aromatic heterocycles. The summed E-state index contributed by atoms with van der Waals surface area (Å²) in [6.45, 7) is 2.64. The normalized spacial score (nSPS) is 12.9. The van der Waals surface area contributed by atoms with Gasteiger partial charge in [0, 0.05) is 10.3 Å². The van der Waals surface area contributed by atoms with Crippen LogP contribution in [-0.2, 0) is 40.1 Å². The predicted octanol–water partition coefficient (Wildman–Crippen LogP) is 4.91. The number of thiazole rings is 2. The third-order valence-corrected chi connectivity index (χ3v) is 8.27. The molecule has 0 fully saturated rings. The van der Waals surface area contributed by atoms with Gasteiger partial charge in [-0.25, -0.2) is 9.97 Å². The second-order valence-electron chi connectivity index (χ2n) is 7.41. The number of amides is 1. The summed E-state index contributed by atoms with van der Waals surface area (Å²) in [4.78, 5) is 37.4. The van der Waals surface area contributed by atoms with Crippen LogP contribution in [-0.4, -0.2) is 34.2 Å². The van der Waals surface area contributed by atoms with Crippen LogP contribution in [0.1, 0.15) is 41.6 Å². The molecular weight excluding hydrogens is 462 g/mol. The molecule has 0 saturated carbocycles. The number of carbonyl (C=O) groups is 2. The van der Waals surface area contributed by atoms with Crippen LogP contribution in [0.2, 0.25) is 0 Å². The summed E-state index contributed by atoms with van der Waals surface area (Å²) in [5.74, 6) is -0.0111. The molecular formula is C23H25N3O3S3. The number of carbonyl (C=O) groups excluding carboxylic acids is 2. The van der Waals surface area contributed by atoms with E-state index in [1.54, 1.807) is 23.2 Å². The van der Waals surface area contributed by atoms with Crippen molar-refractivity contribution in [1.29, 1.82) is 0 Å². The van der Waals surface area contributed by atoms with Crippen LogP contribution >= 0.6 is 34.4 Å². The molecule has 0 unspecified atom stereocenters. The molecule has 3 aromatic rings. The number of esters is 1. The number of thioether (sulfide) groups is 1. The summed E-state index contributed by atoms with van der Waals surface area (Å²) in [6.07, 6.45) is 4.56. The van der Waals surface area contributed by atoms with E-state index in [9.17, 15) is 9.59 Å². The Morgan fingerprint density at radius 2 is 1.97 bits per heavy atom. The lowest BCUT2D eigenvalue weighted by molar-refractivity contribution is -0.142. The Morgan fingerprint density at radius 3 is 2.75 bits per heavy atom. The number of nitrogens with zero attached hydrogens (tertiary/aromatic N) is 3. The average molecular weight is 488 g/mol. The third kappa shape index (κ3) is 5.96. The molecule has 168 valence electrons. The SMILES string of the molecule is CCOC(=O)Cc1csc(SCC(=O)N(Cc2ccccc2)c2nc3c(s2)CCCC3)n1. The Bertz CT molecular complexity index is 1040. The molecule has 0 spiro atoms. The summed E-state index contributed by atoms with van der Waals surface area (Å²) in [7, 11) is 0. The van der Waals surface area contributed by atoms with Crippen LogP contribution in [0.5, 0.6) is 0 Å². The van der Waals surface area contributed by atoms with Gasteiger partial charge >= 0.3 is 5.97 Å². The fraction of sp³-hybridized carbons (Fsp3) is 0.391. The highest BCUT2D eigenvalue weighted by Gasteiger charge is 2.24. The van der Waals surface area contributed by atoms with Gasteiger partial charge in [-0.2, -0.15) is 0 Å². The number of hydrogen-bond donors (Lipinski definition) is 0. The standard InChI is InChI=1S/C23H25N3O3S3/c1-2-29-21(28)12-17-14-30-23(24-17)31-15-20(27)26(13-16-8-4-3-5-9-16)22-25-18-10-6-7-11-19(18)32-22/h3-5,8-9,14H,2,6-7,10-13,15H2,1H3. The van der Waals surface area contributed by atoms with Crippen LogP contribution in [0.15, 0.2) is 40.1 Å². The summed E-state index contributed by atoms with van der Waals surface area (Å²) >= 11 is 4.49. The Balaban J connectivity index is 1.45. The number of aromatic nitrogens is 2. The largest absolute Gasteiger partial charge is 0.466 e. The molecule has 9 heteroatoms. The zero-order chi connectivity index (χ0) is 22.3. The van der Waals surface area contributed by atoms with Gasteiger partial charge in [-0.05, 0) is 38.2 Å². The van der Waals surface area contributed by atoms with E-state index in [2.05, 4.69) is 4.98 Å². The quantitative estimate of drug-likeness (QED) is 0.315. The van der Waals surface area contributed by atoms with Crippen LogP contribution in [0.4, 0.5) is 5.13 Å². The number of ether oxygens (including phenoxy) is 1. The Morgan fingerprint density at radius 1 is 1.16 bits per heavy atom. The van der Waals surface area contributed by atoms with E-state index in [1.807, 2.05) is 35.7 Å². The minimum atomic E-state index is -0.285. The topological polar surface area (TPSA) is 72.4 Å². The molecule has 0 bridgehead atoms. The minimum Gasteiger partial charge on any atom is -0.466 e. The van der Waals surface area contributed by atoms with Gasteiger partial charge in [-0.1, -0.05) is 42.1 Å². The third-order valence-electron chi connectivity index (χ3n) is 5.03. The Kier molecular flexibility index (Phi) is 7.94. The first-order valence-electron chi connectivity index (χ1n) is 10.7. The first kappa shape index (κ1) is 22.9. The van der Waals surface area contributed by atoms with Gasteiger partial charge in [-0.15, -0.1) is 22.7 Å². The molecule has 0 N–H and O–H groups in total. The van der Waals surface area contributed by atoms with E-state index in [1.165, 1.54) is 34.4 Å². The lowest BCUT2D eigenvalue weighted by atomic mass is 10.0. The maximum Gasteiger partial charge on any atom is 0.311 e. The van der Waals surface area contributed by atoms with Crippen molar-refractivity contribution in [1.82, 2.24) is 9.97 Å². The smallest absolute Gasteiger partial charge is 0.311 e. The molecule has 1 aliphatic rings. The van der Waals surface area contributed by atoms with Crippen molar-refractivity contribution < 1.29 is 14.3 Å². The Labute approximate surface area is 200 Å². The molecule has 0 atom stereocenters. The van der Waals surface area contributed by atoms with Crippen LogP contribution in [0.3, 0.4) is 0 Å². The van der Waals surface area contributed by atoms with Gasteiger partial charge < -0.3 is 4.74 Å². The number of anilines is 1. The molecule has 1 aliphatic carbocycles. The van der Waals surface area contributed by atoms with E-state index < -0.39 is 0 Å². The highest BCUT2D eigenvalue weighted by molar-refractivity contribution is 8.01. The fourth-order valence-corrected chi connectivity index (χ4v) is 6.36. The van der Waals surface area contributed by atoms with Crippen molar-refractivity contribution in [3.05, 3.63) is 57.5 Å². The summed E-state index contributed by atoms with van der Waals surface area (Å²) < 4.78 is 5.75. The zero-order valence-electron chi connectivity index (χ0n) is 17.9. The Hall–Kier alpha value is -2.23. The summed E-state index contributed by atoms with van der Waals surface area (Å²) in [5.41, 5.74) is 2.90. The van der Waals surface area contributed by atoms with E-state index in [4.69, 9.17) is 9.72 Å². The van der Waals surface area contributed by atoms with Crippen LogP contribution < -0.4 is 4.90 Å². The highest BCUT2D eigenvalue weighted by atomic mass is 32.2. The number of aryl methyl sites for hydroxylation is 2. The van der Waals surface area contributed by atoms with Gasteiger partial charge in [0.1, 0.15) is 0 Å². The predicted molar refractivity (Wildman–Crippen MR) is 130 cm³/mol. The van der Waals surface area contributed by atoms with E-state index in [0.717, 1.165) is 40.0 Å². The second-order valence-corrected chi connectivity index (χ2v) is 10.6. The van der Waals surface area contributed by atoms with E-state index >= 15 is 0 Å². The van der Waals surface area contributed by atoms with Gasteiger partial charge in [0.25, 0.3) is 0 Å². The molecule has 2 heterocycles. The number of benzene rings is 1. The van der Waals surface area contributed by atoms with Crippen LogP contribution in [0, 0.1) is 0 Å². The zero-order valence-corrected chi connectivity index (χ0v) is 20.4. The van der Waals surface area contributed by atoms with Crippen LogP contribution in [0.25, 0.3) is 0 Å². The van der Waals surface area contributed by atoms with Gasteiger partial charge in [0.05, 0.1) is 36.7 Å². The molecule has 6 nitrogen and oxygen atoms in total. The molecule has 1 aromatic carbocycles. The maximum absolute atomic E-state index is 13.3. The lowest BCUT2D eigenvalue weighted by Gasteiger charge is -2.19. The maximum atomic E-state index is 13.3. The van der Waals surface area contributed by atoms with Crippen molar-refractivity contribution in [2.24, 2.45) is 0 Å². The second kappa shape index (κ2) is 11.1.